The summed E-state index contributed by atoms with van der Waals surface area (Å²) >= 11 is 12.5. The number of carbonyl (C=O) groups excluding carboxylic acids is 2. The Labute approximate surface area is 239 Å². The maximum absolute atomic E-state index is 14.0. The number of likely N-dealkylation sites (N-methyl/N-ethyl adjacent to an activating group) is 1. The highest BCUT2D eigenvalue weighted by molar-refractivity contribution is 7.92. The summed E-state index contributed by atoms with van der Waals surface area (Å²) in [6.45, 7) is 1.64. The molecule has 2 amide bonds. The quantitative estimate of drug-likeness (QED) is 0.333. The third kappa shape index (κ3) is 8.36. The summed E-state index contributed by atoms with van der Waals surface area (Å²) in [5.74, 6) is -0.559. The van der Waals surface area contributed by atoms with Gasteiger partial charge < -0.3 is 15.0 Å². The first-order valence-corrected chi connectivity index (χ1v) is 14.8. The first kappa shape index (κ1) is 30.3. The molecule has 0 saturated carbocycles. The molecule has 1 N–H and O–H groups in total. The molecule has 208 valence electrons. The van der Waals surface area contributed by atoms with Crippen LogP contribution in [-0.4, -0.2) is 57.6 Å². The molecular weight excluding hydrogens is 561 g/mol. The van der Waals surface area contributed by atoms with Crippen molar-refractivity contribution in [2.75, 3.05) is 30.8 Å². The number of halogens is 2. The largest absolute Gasteiger partial charge is 0.495 e. The molecule has 0 bridgehead atoms. The van der Waals surface area contributed by atoms with Crippen LogP contribution in [0, 0.1) is 0 Å². The molecule has 3 rings (SSSR count). The van der Waals surface area contributed by atoms with Crippen LogP contribution in [0.3, 0.4) is 0 Å². The minimum absolute atomic E-state index is 0.0367. The van der Waals surface area contributed by atoms with Crippen LogP contribution < -0.4 is 14.4 Å². The molecule has 0 spiro atoms. The molecule has 0 aliphatic rings. The average Bonchev–Trinajstić information content (AvgIpc) is 2.89. The number of benzene rings is 3. The van der Waals surface area contributed by atoms with Crippen LogP contribution >= 0.6 is 23.2 Å². The Kier molecular flexibility index (Phi) is 10.6. The van der Waals surface area contributed by atoms with Gasteiger partial charge >= 0.3 is 0 Å². The van der Waals surface area contributed by atoms with Crippen molar-refractivity contribution in [1.82, 2.24) is 10.2 Å². The Morgan fingerprint density at radius 1 is 0.974 bits per heavy atom. The third-order valence-corrected chi connectivity index (χ3v) is 7.64. The van der Waals surface area contributed by atoms with E-state index in [4.69, 9.17) is 27.9 Å². The Bertz CT molecular complexity index is 1400. The second-order valence-corrected chi connectivity index (χ2v) is 11.6. The molecule has 11 heteroatoms. The number of sulfonamides is 1. The van der Waals surface area contributed by atoms with E-state index in [-0.39, 0.29) is 29.6 Å². The SMILES string of the molecule is CCNC(=O)[C@@H](Cc1ccccc1)N(Cc1cccc(Cl)c1)C(=O)CN(c1ccc(OC)c(Cl)c1)S(C)(=O)=O. The average molecular weight is 593 g/mol. The van der Waals surface area contributed by atoms with Crippen LogP contribution in [0.15, 0.2) is 72.8 Å². The van der Waals surface area contributed by atoms with Gasteiger partial charge in [-0.05, 0) is 48.4 Å². The van der Waals surface area contributed by atoms with E-state index in [1.807, 2.05) is 30.3 Å². The van der Waals surface area contributed by atoms with Crippen molar-refractivity contribution in [3.05, 3.63) is 94.0 Å². The van der Waals surface area contributed by atoms with Gasteiger partial charge in [-0.2, -0.15) is 0 Å². The molecular formula is C28H31Cl2N3O5S. The summed E-state index contributed by atoms with van der Waals surface area (Å²) in [5, 5.41) is 3.48. The fraction of sp³-hybridized carbons (Fsp3) is 0.286. The van der Waals surface area contributed by atoms with Crippen molar-refractivity contribution in [2.24, 2.45) is 0 Å². The van der Waals surface area contributed by atoms with Gasteiger partial charge in [0.2, 0.25) is 21.8 Å². The molecule has 0 aliphatic carbocycles. The van der Waals surface area contributed by atoms with Gasteiger partial charge in [0.25, 0.3) is 0 Å². The molecule has 0 radical (unpaired) electrons. The number of nitrogens with zero attached hydrogens (tertiary/aromatic N) is 2. The molecule has 1 atom stereocenters. The lowest BCUT2D eigenvalue weighted by Gasteiger charge is -2.33. The Morgan fingerprint density at radius 3 is 2.26 bits per heavy atom. The number of carbonyl (C=O) groups is 2. The number of methoxy groups -OCH3 is 1. The number of amides is 2. The van der Waals surface area contributed by atoms with Crippen molar-refractivity contribution >= 4 is 50.7 Å². The highest BCUT2D eigenvalue weighted by Gasteiger charge is 2.33. The predicted molar refractivity (Wildman–Crippen MR) is 155 cm³/mol. The van der Waals surface area contributed by atoms with Gasteiger partial charge in [0, 0.05) is 24.5 Å². The standard InChI is InChI=1S/C28H31Cl2N3O5S/c1-4-31-28(35)25(16-20-9-6-5-7-10-20)32(18-21-11-8-12-22(29)15-21)27(34)19-33(39(3,36)37)23-13-14-26(38-2)24(30)17-23/h5-15,17,25H,4,16,18-19H2,1-3H3,(H,31,35)/t25-/m1/s1. The van der Waals surface area contributed by atoms with E-state index in [0.717, 1.165) is 16.1 Å². The first-order valence-electron chi connectivity index (χ1n) is 12.2. The van der Waals surface area contributed by atoms with Crippen LogP contribution in [-0.2, 0) is 32.6 Å². The number of nitrogens with one attached hydrogen (secondary N) is 1. The molecule has 39 heavy (non-hydrogen) atoms. The van der Waals surface area contributed by atoms with Gasteiger partial charge in [-0.1, -0.05) is 65.7 Å². The fourth-order valence-electron chi connectivity index (χ4n) is 4.10. The van der Waals surface area contributed by atoms with Crippen molar-refractivity contribution in [3.8, 4) is 5.75 Å². The number of anilines is 1. The monoisotopic (exact) mass is 591 g/mol. The van der Waals surface area contributed by atoms with Gasteiger partial charge in [-0.25, -0.2) is 8.42 Å². The first-order chi connectivity index (χ1) is 18.5. The van der Waals surface area contributed by atoms with Crippen LogP contribution in [0.4, 0.5) is 5.69 Å². The molecule has 0 aliphatic heterocycles. The minimum Gasteiger partial charge on any atom is -0.495 e. The lowest BCUT2D eigenvalue weighted by molar-refractivity contribution is -0.140. The van der Waals surface area contributed by atoms with Gasteiger partial charge in [-0.3, -0.25) is 13.9 Å². The van der Waals surface area contributed by atoms with E-state index in [1.54, 1.807) is 31.2 Å². The topological polar surface area (TPSA) is 96.0 Å². The minimum atomic E-state index is -3.91. The number of hydrogen-bond acceptors (Lipinski definition) is 5. The second kappa shape index (κ2) is 13.7. The molecule has 0 saturated heterocycles. The zero-order valence-electron chi connectivity index (χ0n) is 21.9. The van der Waals surface area contributed by atoms with Gasteiger partial charge in [0.05, 0.1) is 24.1 Å². The molecule has 0 heterocycles. The Morgan fingerprint density at radius 2 is 1.67 bits per heavy atom. The van der Waals surface area contributed by atoms with E-state index in [0.29, 0.717) is 22.9 Å². The van der Waals surface area contributed by atoms with Crippen molar-refractivity contribution in [2.45, 2.75) is 25.9 Å². The molecule has 0 unspecified atom stereocenters. The summed E-state index contributed by atoms with van der Waals surface area (Å²) in [6.07, 6.45) is 1.23. The van der Waals surface area contributed by atoms with Crippen LogP contribution in [0.5, 0.6) is 5.75 Å². The van der Waals surface area contributed by atoms with E-state index >= 15 is 0 Å². The van der Waals surface area contributed by atoms with Crippen molar-refractivity contribution in [1.29, 1.82) is 0 Å². The van der Waals surface area contributed by atoms with Crippen LogP contribution in [0.25, 0.3) is 0 Å². The molecule has 0 fully saturated rings. The van der Waals surface area contributed by atoms with Gasteiger partial charge in [0.15, 0.2) is 0 Å². The number of hydrogen-bond donors (Lipinski definition) is 1. The smallest absolute Gasteiger partial charge is 0.244 e. The fourth-order valence-corrected chi connectivity index (χ4v) is 5.41. The summed E-state index contributed by atoms with van der Waals surface area (Å²) in [6, 6.07) is 19.8. The molecule has 3 aromatic carbocycles. The zero-order valence-corrected chi connectivity index (χ0v) is 24.3. The lowest BCUT2D eigenvalue weighted by atomic mass is 10.0. The molecule has 8 nitrogen and oxygen atoms in total. The summed E-state index contributed by atoms with van der Waals surface area (Å²) in [5.41, 5.74) is 1.73. The lowest BCUT2D eigenvalue weighted by Crippen LogP contribution is -2.53. The normalized spacial score (nSPS) is 11.9. The maximum Gasteiger partial charge on any atom is 0.244 e. The van der Waals surface area contributed by atoms with E-state index in [1.165, 1.54) is 30.2 Å². The van der Waals surface area contributed by atoms with Gasteiger partial charge in [0.1, 0.15) is 18.3 Å². The highest BCUT2D eigenvalue weighted by Crippen LogP contribution is 2.30. The predicted octanol–water partition coefficient (Wildman–Crippen LogP) is 4.54. The molecule has 3 aromatic rings. The van der Waals surface area contributed by atoms with Crippen LogP contribution in [0.2, 0.25) is 10.0 Å². The van der Waals surface area contributed by atoms with E-state index < -0.39 is 28.5 Å². The van der Waals surface area contributed by atoms with Crippen molar-refractivity contribution in [3.63, 3.8) is 0 Å². The summed E-state index contributed by atoms with van der Waals surface area (Å²) < 4.78 is 31.8. The van der Waals surface area contributed by atoms with E-state index in [2.05, 4.69) is 5.32 Å². The van der Waals surface area contributed by atoms with E-state index in [9.17, 15) is 18.0 Å². The summed E-state index contributed by atoms with van der Waals surface area (Å²) in [4.78, 5) is 28.7. The molecule has 0 aromatic heterocycles. The van der Waals surface area contributed by atoms with Crippen LogP contribution in [0.1, 0.15) is 18.1 Å². The van der Waals surface area contributed by atoms with Crippen molar-refractivity contribution < 1.29 is 22.7 Å². The zero-order chi connectivity index (χ0) is 28.6. The highest BCUT2D eigenvalue weighted by atomic mass is 35.5. The second-order valence-electron chi connectivity index (χ2n) is 8.84. The number of ether oxygens (including phenoxy) is 1. The Hall–Kier alpha value is -3.27. The maximum atomic E-state index is 14.0. The Balaban J connectivity index is 2.05. The van der Waals surface area contributed by atoms with Gasteiger partial charge in [-0.15, -0.1) is 0 Å². The third-order valence-electron chi connectivity index (χ3n) is 5.97. The number of rotatable bonds is 12. The summed E-state index contributed by atoms with van der Waals surface area (Å²) in [7, 11) is -2.47.